The van der Waals surface area contributed by atoms with Crippen molar-refractivity contribution in [2.45, 2.75) is 13.5 Å². The summed E-state index contributed by atoms with van der Waals surface area (Å²) in [5.74, 6) is 2.66. The smallest absolute Gasteiger partial charge is 0.176 e. The van der Waals surface area contributed by atoms with Crippen LogP contribution < -0.4 is 4.57 Å². The van der Waals surface area contributed by atoms with Gasteiger partial charge in [0.15, 0.2) is 0 Å². The van der Waals surface area contributed by atoms with E-state index in [-0.39, 0.29) is 0 Å². The Kier molecular flexibility index (Phi) is 2.03. The zero-order chi connectivity index (χ0) is 9.26. The summed E-state index contributed by atoms with van der Waals surface area (Å²) in [6.07, 6.45) is 5.29. The Bertz CT molecular complexity index is 476. The molecule has 1 nitrogen and oxygen atoms in total. The lowest BCUT2D eigenvalue weighted by molar-refractivity contribution is -0.654. The standard InChI is InChI=1S/C11H10NS/c1-3-7-12-8-13-10-6-4-5-9(2)11(10)12/h1,4-6,8H,7H2,2H3/q+1. The van der Waals surface area contributed by atoms with Gasteiger partial charge in [0.2, 0.25) is 17.6 Å². The molecule has 0 spiro atoms. The lowest BCUT2D eigenvalue weighted by Crippen LogP contribution is -2.30. The van der Waals surface area contributed by atoms with Crippen LogP contribution >= 0.6 is 11.3 Å². The molecule has 2 aromatic rings. The van der Waals surface area contributed by atoms with Gasteiger partial charge in [-0.3, -0.25) is 0 Å². The molecule has 2 rings (SSSR count). The number of thiazole rings is 1. The Morgan fingerprint density at radius 1 is 1.54 bits per heavy atom. The normalized spacial score (nSPS) is 10.2. The van der Waals surface area contributed by atoms with Crippen molar-refractivity contribution in [3.63, 3.8) is 0 Å². The van der Waals surface area contributed by atoms with Crippen molar-refractivity contribution < 1.29 is 4.57 Å². The van der Waals surface area contributed by atoms with Crippen molar-refractivity contribution in [3.05, 3.63) is 29.3 Å². The molecule has 0 aliphatic rings. The molecule has 0 radical (unpaired) electrons. The largest absolute Gasteiger partial charge is 0.227 e. The Morgan fingerprint density at radius 3 is 3.15 bits per heavy atom. The molecule has 0 N–H and O–H groups in total. The molecule has 1 aromatic heterocycles. The Morgan fingerprint density at radius 2 is 2.38 bits per heavy atom. The third kappa shape index (κ3) is 1.32. The number of terminal acetylenes is 1. The van der Waals surface area contributed by atoms with Crippen LogP contribution in [0, 0.1) is 19.3 Å². The zero-order valence-electron chi connectivity index (χ0n) is 7.45. The van der Waals surface area contributed by atoms with Gasteiger partial charge >= 0.3 is 0 Å². The average Bonchev–Trinajstić information content (AvgIpc) is 2.51. The second-order valence-electron chi connectivity index (χ2n) is 2.98. The predicted octanol–water partition coefficient (Wildman–Crippen LogP) is 2.13. The van der Waals surface area contributed by atoms with Crippen LogP contribution in [0.1, 0.15) is 5.56 Å². The molecular weight excluding hydrogens is 178 g/mol. The molecule has 1 heterocycles. The molecule has 0 atom stereocenters. The van der Waals surface area contributed by atoms with Crippen molar-refractivity contribution in [1.29, 1.82) is 0 Å². The third-order valence-electron chi connectivity index (χ3n) is 2.06. The number of hydrogen-bond donors (Lipinski definition) is 0. The van der Waals surface area contributed by atoms with E-state index in [1.807, 2.05) is 0 Å². The molecular formula is C11H10NS+. The van der Waals surface area contributed by atoms with E-state index in [4.69, 9.17) is 6.42 Å². The van der Waals surface area contributed by atoms with Crippen molar-refractivity contribution >= 4 is 21.6 Å². The summed E-state index contributed by atoms with van der Waals surface area (Å²) in [4.78, 5) is 0. The third-order valence-corrected chi connectivity index (χ3v) is 3.00. The summed E-state index contributed by atoms with van der Waals surface area (Å²) in [5, 5.41) is 0. The quantitative estimate of drug-likeness (QED) is 0.477. The Hall–Kier alpha value is -1.33. The Balaban J connectivity index is 2.73. The van der Waals surface area contributed by atoms with E-state index in [9.17, 15) is 0 Å². The molecule has 0 aliphatic carbocycles. The maximum absolute atomic E-state index is 5.29. The van der Waals surface area contributed by atoms with Gasteiger partial charge in [0.05, 0.1) is 0 Å². The highest BCUT2D eigenvalue weighted by Gasteiger charge is 2.11. The number of aryl methyl sites for hydroxylation is 1. The van der Waals surface area contributed by atoms with Gasteiger partial charge in [-0.2, -0.15) is 4.57 Å². The van der Waals surface area contributed by atoms with E-state index in [2.05, 4.69) is 41.1 Å². The van der Waals surface area contributed by atoms with E-state index in [1.165, 1.54) is 15.8 Å². The van der Waals surface area contributed by atoms with Crippen molar-refractivity contribution in [1.82, 2.24) is 0 Å². The monoisotopic (exact) mass is 188 g/mol. The predicted molar refractivity (Wildman–Crippen MR) is 55.6 cm³/mol. The van der Waals surface area contributed by atoms with Gasteiger partial charge in [-0.25, -0.2) is 0 Å². The van der Waals surface area contributed by atoms with Crippen molar-refractivity contribution in [2.75, 3.05) is 0 Å². The number of rotatable bonds is 1. The summed E-state index contributed by atoms with van der Waals surface area (Å²) in [6.45, 7) is 2.77. The van der Waals surface area contributed by atoms with Crippen LogP contribution in [0.15, 0.2) is 23.7 Å². The molecule has 13 heavy (non-hydrogen) atoms. The summed E-state index contributed by atoms with van der Waals surface area (Å²) in [5.41, 5.74) is 4.64. The van der Waals surface area contributed by atoms with E-state index in [0.29, 0.717) is 6.54 Å². The number of benzene rings is 1. The van der Waals surface area contributed by atoms with Crippen molar-refractivity contribution in [2.24, 2.45) is 0 Å². The second kappa shape index (κ2) is 3.20. The van der Waals surface area contributed by atoms with Gasteiger partial charge in [-0.05, 0) is 18.9 Å². The average molecular weight is 188 g/mol. The van der Waals surface area contributed by atoms with Crippen LogP contribution in [0.3, 0.4) is 0 Å². The van der Waals surface area contributed by atoms with Gasteiger partial charge in [-0.15, -0.1) is 6.42 Å². The maximum Gasteiger partial charge on any atom is 0.227 e. The molecule has 2 heteroatoms. The van der Waals surface area contributed by atoms with E-state index in [0.717, 1.165) is 0 Å². The summed E-state index contributed by atoms with van der Waals surface area (Å²) in [6, 6.07) is 6.32. The van der Waals surface area contributed by atoms with Gasteiger partial charge in [-0.1, -0.05) is 23.5 Å². The summed E-state index contributed by atoms with van der Waals surface area (Å²) in [7, 11) is 0. The first-order valence-electron chi connectivity index (χ1n) is 4.12. The van der Waals surface area contributed by atoms with E-state index < -0.39 is 0 Å². The van der Waals surface area contributed by atoms with Gasteiger partial charge in [0.1, 0.15) is 4.70 Å². The number of nitrogens with zero attached hydrogens (tertiary/aromatic N) is 1. The summed E-state index contributed by atoms with van der Waals surface area (Å²) >= 11 is 1.74. The first-order chi connectivity index (χ1) is 6.33. The fraction of sp³-hybridized carbons (Fsp3) is 0.182. The first kappa shape index (κ1) is 8.28. The topological polar surface area (TPSA) is 3.88 Å². The van der Waals surface area contributed by atoms with Crippen LogP contribution in [0.25, 0.3) is 10.2 Å². The van der Waals surface area contributed by atoms with Crippen LogP contribution in [-0.2, 0) is 6.54 Å². The Labute approximate surface area is 81.6 Å². The molecule has 0 aliphatic heterocycles. The molecule has 0 amide bonds. The molecule has 64 valence electrons. The highest BCUT2D eigenvalue weighted by Crippen LogP contribution is 2.18. The molecule has 0 saturated heterocycles. The molecule has 0 unspecified atom stereocenters. The lowest BCUT2D eigenvalue weighted by Gasteiger charge is -1.91. The van der Waals surface area contributed by atoms with Gasteiger partial charge in [0.25, 0.3) is 0 Å². The van der Waals surface area contributed by atoms with E-state index in [1.54, 1.807) is 11.3 Å². The minimum absolute atomic E-state index is 0.658. The van der Waals surface area contributed by atoms with Crippen molar-refractivity contribution in [3.8, 4) is 12.3 Å². The van der Waals surface area contributed by atoms with Gasteiger partial charge in [0, 0.05) is 5.56 Å². The zero-order valence-corrected chi connectivity index (χ0v) is 8.27. The number of fused-ring (bicyclic) bond motifs is 1. The lowest BCUT2D eigenvalue weighted by atomic mass is 10.2. The fourth-order valence-electron chi connectivity index (χ4n) is 1.48. The molecule has 0 bridgehead atoms. The van der Waals surface area contributed by atoms with Crippen LogP contribution in [-0.4, -0.2) is 0 Å². The van der Waals surface area contributed by atoms with E-state index >= 15 is 0 Å². The second-order valence-corrected chi connectivity index (χ2v) is 3.86. The highest BCUT2D eigenvalue weighted by atomic mass is 32.1. The number of para-hydroxylation sites is 1. The number of aromatic nitrogens is 1. The van der Waals surface area contributed by atoms with Crippen LogP contribution in [0.2, 0.25) is 0 Å². The summed E-state index contributed by atoms with van der Waals surface area (Å²) < 4.78 is 3.42. The highest BCUT2D eigenvalue weighted by molar-refractivity contribution is 7.16. The number of hydrogen-bond acceptors (Lipinski definition) is 1. The first-order valence-corrected chi connectivity index (χ1v) is 5.00. The SMILES string of the molecule is C#CC[n+]1csc2cccc(C)c21. The maximum atomic E-state index is 5.29. The molecule has 1 aromatic carbocycles. The van der Waals surface area contributed by atoms with Crippen LogP contribution in [0.5, 0.6) is 0 Å². The molecule has 0 saturated carbocycles. The van der Waals surface area contributed by atoms with Gasteiger partial charge < -0.3 is 0 Å². The minimum Gasteiger partial charge on any atom is -0.176 e. The fourth-order valence-corrected chi connectivity index (χ4v) is 2.45. The molecule has 0 fully saturated rings. The minimum atomic E-state index is 0.658. The van der Waals surface area contributed by atoms with Crippen LogP contribution in [0.4, 0.5) is 0 Å².